The minimum atomic E-state index is -1.57. The van der Waals surface area contributed by atoms with Crippen LogP contribution in [0.5, 0.6) is 0 Å². The average Bonchev–Trinajstić information content (AvgIpc) is 2.80. The molecule has 0 aromatic heterocycles. The van der Waals surface area contributed by atoms with Crippen molar-refractivity contribution in [2.75, 3.05) is 13.2 Å². The van der Waals surface area contributed by atoms with E-state index in [0.717, 1.165) is 92.9 Å². The minimum absolute atomic E-state index is 0.745. The third kappa shape index (κ3) is 16.4. The molecular weight excluding hydrogens is 855 g/mol. The number of hydrogen-bond acceptors (Lipinski definition) is 4. The van der Waals surface area contributed by atoms with Gasteiger partial charge in [-0.3, -0.25) is 9.98 Å². The predicted octanol–water partition coefficient (Wildman–Crippen LogP) is 12.2. The number of aryl methyl sites for hydroxylation is 4. The molecule has 41 heavy (non-hydrogen) atoms. The molecule has 4 nitrogen and oxygen atoms in total. The molecule has 0 saturated carbocycles. The summed E-state index contributed by atoms with van der Waals surface area (Å²) in [6, 6.07) is 8.55. The van der Waals surface area contributed by atoms with Gasteiger partial charge in [-0.15, -0.1) is 0 Å². The summed E-state index contributed by atoms with van der Waals surface area (Å²) in [6.07, 6.45) is 3.48. The normalized spacial score (nSPS) is 12.9. The molecule has 0 spiro atoms. The standard InChI is InChI=1S/C30H46Br2N2O2Si2.2BrH.Ni/c1-21-17-25(31)18-22(2)29(21)33-27(13-11-15-35-37(5,6)7)28(14-12-16-36-38(8,9)10)34-30-23(3)19-26(32)20-24(30)4;;;/h17-20H,11-16H2,1-10H3;2*1H;/q;;;+2/p-2. The Kier molecular flexibility index (Phi) is 18.5. The third-order valence-corrected chi connectivity index (χ3v) is 8.98. The first-order valence-electron chi connectivity index (χ1n) is 13.8. The molecule has 11 heteroatoms. The molecule has 0 amide bonds. The van der Waals surface area contributed by atoms with Crippen LogP contribution in [-0.4, -0.2) is 41.3 Å². The maximum atomic E-state index is 6.20. The second-order valence-electron chi connectivity index (χ2n) is 12.1. The Bertz CT molecular complexity index is 1060. The number of benzene rings is 2. The van der Waals surface area contributed by atoms with Gasteiger partial charge in [0.25, 0.3) is 0 Å². The first-order chi connectivity index (χ1) is 19.0. The molecule has 0 aliphatic carbocycles. The van der Waals surface area contributed by atoms with Gasteiger partial charge in [0.05, 0.1) is 22.8 Å². The summed E-state index contributed by atoms with van der Waals surface area (Å²) in [6.45, 7) is 23.4. The van der Waals surface area contributed by atoms with Gasteiger partial charge >= 0.3 is 39.3 Å². The zero-order chi connectivity index (χ0) is 31.4. The van der Waals surface area contributed by atoms with Gasteiger partial charge in [-0.1, -0.05) is 31.9 Å². The monoisotopic (exact) mass is 896 g/mol. The van der Waals surface area contributed by atoms with Gasteiger partial charge in [-0.25, -0.2) is 0 Å². The molecule has 0 fully saturated rings. The van der Waals surface area contributed by atoms with Crippen molar-refractivity contribution >= 4 is 99.7 Å². The van der Waals surface area contributed by atoms with Crippen LogP contribution in [0.4, 0.5) is 11.4 Å². The van der Waals surface area contributed by atoms with Crippen LogP contribution >= 0.6 is 60.3 Å². The third-order valence-electron chi connectivity index (χ3n) is 5.92. The van der Waals surface area contributed by atoms with Crippen molar-refractivity contribution in [3.63, 3.8) is 0 Å². The zero-order valence-electron chi connectivity index (χ0n) is 26.1. The fourth-order valence-corrected chi connectivity index (χ4v) is 7.08. The van der Waals surface area contributed by atoms with E-state index in [4.69, 9.17) is 18.8 Å². The number of aliphatic imine (C=N–C) groups is 2. The molecule has 0 radical (unpaired) electrons. The molecule has 234 valence electrons. The van der Waals surface area contributed by atoms with Crippen LogP contribution < -0.4 is 0 Å². The van der Waals surface area contributed by atoms with Crippen molar-refractivity contribution in [3.8, 4) is 0 Å². The quantitative estimate of drug-likeness (QED) is 0.114. The SMILES string of the molecule is Cc1cc(Br)cc(C)c1N=C(CCCO[Si](C)(C)C)C(CCCO[Si](C)(C)C)=Nc1c(C)cc(Br)cc1C.[Br][Ni][Br]. The molecule has 2 aromatic carbocycles. The molecule has 0 saturated heterocycles. The van der Waals surface area contributed by atoms with Crippen LogP contribution in [0.2, 0.25) is 39.3 Å². The Morgan fingerprint density at radius 3 is 1.15 bits per heavy atom. The summed E-state index contributed by atoms with van der Waals surface area (Å²) in [5.41, 5.74) is 8.79. The van der Waals surface area contributed by atoms with Gasteiger partial charge in [-0.2, -0.15) is 0 Å². The van der Waals surface area contributed by atoms with Crippen LogP contribution in [0.25, 0.3) is 0 Å². The van der Waals surface area contributed by atoms with Gasteiger partial charge in [0.1, 0.15) is 0 Å². The van der Waals surface area contributed by atoms with E-state index >= 15 is 0 Å². The Labute approximate surface area is 288 Å². The predicted molar refractivity (Wildman–Crippen MR) is 196 cm³/mol. The van der Waals surface area contributed by atoms with E-state index in [9.17, 15) is 0 Å². The molecule has 0 aliphatic heterocycles. The van der Waals surface area contributed by atoms with Crippen molar-refractivity contribution in [1.29, 1.82) is 0 Å². The zero-order valence-corrected chi connectivity index (χ0v) is 35.4. The van der Waals surface area contributed by atoms with Crippen LogP contribution in [0.1, 0.15) is 47.9 Å². The summed E-state index contributed by atoms with van der Waals surface area (Å²) < 4.78 is 14.5. The first kappa shape index (κ1) is 39.6. The molecule has 2 aromatic rings. The Morgan fingerprint density at radius 1 is 0.634 bits per heavy atom. The summed E-state index contributed by atoms with van der Waals surface area (Å²) in [7, 11) is -1.89. The van der Waals surface area contributed by atoms with Crippen molar-refractivity contribution in [2.24, 2.45) is 9.98 Å². The fraction of sp³-hybridized carbons (Fsp3) is 0.533. The van der Waals surface area contributed by atoms with Crippen molar-refractivity contribution in [3.05, 3.63) is 55.5 Å². The topological polar surface area (TPSA) is 43.2 Å². The van der Waals surface area contributed by atoms with Gasteiger partial charge in [-0.05, 0) is 139 Å². The second-order valence-corrected chi connectivity index (χ2v) is 27.9. The fourth-order valence-electron chi connectivity index (χ4n) is 4.19. The van der Waals surface area contributed by atoms with E-state index in [1.807, 2.05) is 0 Å². The van der Waals surface area contributed by atoms with E-state index in [0.29, 0.717) is 0 Å². The van der Waals surface area contributed by atoms with Crippen molar-refractivity contribution < 1.29 is 19.7 Å². The molecule has 0 aliphatic rings. The van der Waals surface area contributed by atoms with Gasteiger partial charge in [0.2, 0.25) is 0 Å². The van der Waals surface area contributed by atoms with Crippen molar-refractivity contribution in [2.45, 2.75) is 92.7 Å². The Morgan fingerprint density at radius 2 is 0.902 bits per heavy atom. The maximum absolute atomic E-state index is 6.20. The molecule has 0 heterocycles. The van der Waals surface area contributed by atoms with E-state index in [1.54, 1.807) is 0 Å². The van der Waals surface area contributed by atoms with Crippen molar-refractivity contribution in [1.82, 2.24) is 0 Å². The van der Waals surface area contributed by atoms with Crippen LogP contribution in [0.15, 0.2) is 43.2 Å². The summed E-state index contributed by atoms with van der Waals surface area (Å²) in [5, 5.41) is 0. The molecule has 0 unspecified atom stereocenters. The molecular formula is C30H46Br4N2NiO2Si2. The van der Waals surface area contributed by atoms with Gasteiger partial charge < -0.3 is 8.85 Å². The summed E-state index contributed by atoms with van der Waals surface area (Å²) in [5.74, 6) is 0. The molecule has 2 rings (SSSR count). The second kappa shape index (κ2) is 19.1. The van der Waals surface area contributed by atoms with E-state index < -0.39 is 16.6 Å². The molecule has 0 atom stereocenters. The van der Waals surface area contributed by atoms with Crippen LogP contribution in [-0.2, 0) is 19.7 Å². The summed E-state index contributed by atoms with van der Waals surface area (Å²) >= 11 is 13.3. The van der Waals surface area contributed by atoms with Crippen LogP contribution in [0.3, 0.4) is 0 Å². The first-order valence-corrected chi connectivity index (χ1v) is 27.0. The molecule has 0 N–H and O–H groups in total. The van der Waals surface area contributed by atoms with E-state index in [-0.39, 0.29) is 0 Å². The number of nitrogens with zero attached hydrogens (tertiary/aromatic N) is 2. The number of rotatable bonds is 13. The number of halogens is 4. The Balaban J connectivity index is 0.00000268. The van der Waals surface area contributed by atoms with E-state index in [1.165, 1.54) is 10.9 Å². The molecule has 0 bridgehead atoms. The van der Waals surface area contributed by atoms with Gasteiger partial charge in [0.15, 0.2) is 16.6 Å². The average molecular weight is 901 g/mol. The van der Waals surface area contributed by atoms with E-state index in [2.05, 4.69) is 152 Å². The summed E-state index contributed by atoms with van der Waals surface area (Å²) in [4.78, 5) is 10.6. The van der Waals surface area contributed by atoms with Gasteiger partial charge in [0, 0.05) is 22.2 Å². The Hall–Kier alpha value is 0.547. The number of hydrogen-bond donors (Lipinski definition) is 0. The van der Waals surface area contributed by atoms with Crippen LogP contribution in [0, 0.1) is 27.7 Å².